The lowest BCUT2D eigenvalue weighted by Crippen LogP contribution is -2.43. The van der Waals surface area contributed by atoms with Gasteiger partial charge in [-0.05, 0) is 42.3 Å². The van der Waals surface area contributed by atoms with Crippen molar-refractivity contribution >= 4 is 17.5 Å². The van der Waals surface area contributed by atoms with Gasteiger partial charge in [0.15, 0.2) is 0 Å². The zero-order valence-corrected chi connectivity index (χ0v) is 18.7. The van der Waals surface area contributed by atoms with Crippen LogP contribution in [0.5, 0.6) is 0 Å². The van der Waals surface area contributed by atoms with Crippen molar-refractivity contribution in [3.05, 3.63) is 82.4 Å². The van der Waals surface area contributed by atoms with Gasteiger partial charge in [-0.2, -0.15) is 5.10 Å². The van der Waals surface area contributed by atoms with Crippen LogP contribution in [0.2, 0.25) is 5.02 Å². The van der Waals surface area contributed by atoms with E-state index in [1.54, 1.807) is 29.1 Å². The first-order chi connectivity index (χ1) is 15.6. The summed E-state index contributed by atoms with van der Waals surface area (Å²) in [6.07, 6.45) is 2.23. The van der Waals surface area contributed by atoms with Gasteiger partial charge in [-0.1, -0.05) is 36.7 Å². The molecule has 1 atom stereocenters. The maximum atomic E-state index is 13.5. The van der Waals surface area contributed by atoms with Crippen molar-refractivity contribution in [3.63, 3.8) is 0 Å². The van der Waals surface area contributed by atoms with Crippen LogP contribution in [0.15, 0.2) is 54.7 Å². The highest BCUT2D eigenvalue weighted by Gasteiger charge is 2.25. The Kier molecular flexibility index (Phi) is 7.19. The van der Waals surface area contributed by atoms with Crippen molar-refractivity contribution in [2.45, 2.75) is 19.4 Å². The van der Waals surface area contributed by atoms with Crippen molar-refractivity contribution < 1.29 is 13.9 Å². The molecule has 1 unspecified atom stereocenters. The molecule has 4 rings (SSSR count). The Morgan fingerprint density at radius 3 is 2.66 bits per heavy atom. The van der Waals surface area contributed by atoms with Crippen molar-refractivity contribution in [1.29, 1.82) is 0 Å². The van der Waals surface area contributed by atoms with Crippen LogP contribution in [0.4, 0.5) is 4.39 Å². The fourth-order valence-corrected chi connectivity index (χ4v) is 4.24. The summed E-state index contributed by atoms with van der Waals surface area (Å²) < 4.78 is 20.7. The first-order valence-electron chi connectivity index (χ1n) is 10.7. The molecule has 0 spiro atoms. The normalized spacial score (nSPS) is 15.5. The van der Waals surface area contributed by atoms with Crippen molar-refractivity contribution in [2.24, 2.45) is 0 Å². The molecule has 168 valence electrons. The summed E-state index contributed by atoms with van der Waals surface area (Å²) in [5.41, 5.74) is 3.12. The molecule has 1 aliphatic heterocycles. The van der Waals surface area contributed by atoms with E-state index in [1.807, 2.05) is 25.1 Å². The van der Waals surface area contributed by atoms with E-state index in [0.29, 0.717) is 36.8 Å². The van der Waals surface area contributed by atoms with E-state index in [2.05, 4.69) is 15.3 Å². The Balaban J connectivity index is 1.53. The average molecular weight is 457 g/mol. The first-order valence-corrected chi connectivity index (χ1v) is 11.1. The Bertz CT molecular complexity index is 1060. The third kappa shape index (κ3) is 5.01. The SMILES string of the molecule is CCc1c(C(=O)NCC(c2ccc(F)cc2)N2CCOCC2)cnn1-c1cccc(Cl)c1. The number of nitrogens with one attached hydrogen (secondary N) is 1. The highest BCUT2D eigenvalue weighted by Crippen LogP contribution is 2.23. The predicted octanol–water partition coefficient (Wildman–Crippen LogP) is 4.03. The van der Waals surface area contributed by atoms with Gasteiger partial charge in [-0.3, -0.25) is 9.69 Å². The summed E-state index contributed by atoms with van der Waals surface area (Å²) in [4.78, 5) is 15.4. The van der Waals surface area contributed by atoms with Gasteiger partial charge in [0.2, 0.25) is 0 Å². The number of hydrogen-bond donors (Lipinski definition) is 1. The van der Waals surface area contributed by atoms with E-state index in [4.69, 9.17) is 16.3 Å². The fraction of sp³-hybridized carbons (Fsp3) is 0.333. The molecule has 2 heterocycles. The second-order valence-electron chi connectivity index (χ2n) is 7.68. The summed E-state index contributed by atoms with van der Waals surface area (Å²) in [5, 5.41) is 8.11. The van der Waals surface area contributed by atoms with Crippen LogP contribution >= 0.6 is 11.6 Å². The largest absolute Gasteiger partial charge is 0.379 e. The zero-order chi connectivity index (χ0) is 22.5. The van der Waals surface area contributed by atoms with Crippen LogP contribution in [-0.4, -0.2) is 53.4 Å². The number of ether oxygens (including phenoxy) is 1. The Hall–Kier alpha value is -2.74. The first kappa shape index (κ1) is 22.5. The van der Waals surface area contributed by atoms with Gasteiger partial charge in [0.25, 0.3) is 5.91 Å². The summed E-state index contributed by atoms with van der Waals surface area (Å²) >= 11 is 6.13. The molecule has 0 aliphatic carbocycles. The zero-order valence-electron chi connectivity index (χ0n) is 17.9. The standard InChI is InChI=1S/C24H26ClFN4O2/c1-2-22-21(15-28-30(22)20-5-3-4-18(25)14-20)24(31)27-16-23(29-10-12-32-13-11-29)17-6-8-19(26)9-7-17/h3-9,14-15,23H,2,10-13,16H2,1H3,(H,27,31). The lowest BCUT2D eigenvalue weighted by atomic mass is 10.0. The maximum absolute atomic E-state index is 13.5. The van der Waals surface area contributed by atoms with E-state index < -0.39 is 0 Å². The van der Waals surface area contributed by atoms with Crippen LogP contribution in [0, 0.1) is 5.82 Å². The molecule has 32 heavy (non-hydrogen) atoms. The number of carbonyl (C=O) groups is 1. The lowest BCUT2D eigenvalue weighted by molar-refractivity contribution is 0.0162. The minimum atomic E-state index is -0.278. The van der Waals surface area contributed by atoms with Gasteiger partial charge in [-0.15, -0.1) is 0 Å². The molecule has 1 amide bonds. The molecule has 0 bridgehead atoms. The Morgan fingerprint density at radius 2 is 1.97 bits per heavy atom. The van der Waals surface area contributed by atoms with Crippen molar-refractivity contribution in [2.75, 3.05) is 32.8 Å². The van der Waals surface area contributed by atoms with E-state index in [-0.39, 0.29) is 17.8 Å². The van der Waals surface area contributed by atoms with Crippen LogP contribution in [0.25, 0.3) is 5.69 Å². The van der Waals surface area contributed by atoms with Crippen molar-refractivity contribution in [1.82, 2.24) is 20.0 Å². The average Bonchev–Trinajstić information content (AvgIpc) is 3.25. The number of morpholine rings is 1. The third-order valence-corrected chi connectivity index (χ3v) is 5.93. The van der Waals surface area contributed by atoms with Crippen LogP contribution in [-0.2, 0) is 11.2 Å². The topological polar surface area (TPSA) is 59.4 Å². The number of halogens is 2. The number of nitrogens with zero attached hydrogens (tertiary/aromatic N) is 3. The molecule has 0 saturated carbocycles. The highest BCUT2D eigenvalue weighted by atomic mass is 35.5. The van der Waals surface area contributed by atoms with Crippen LogP contribution < -0.4 is 5.32 Å². The minimum absolute atomic E-state index is 0.0727. The molecule has 1 saturated heterocycles. The predicted molar refractivity (Wildman–Crippen MR) is 122 cm³/mol. The highest BCUT2D eigenvalue weighted by molar-refractivity contribution is 6.30. The monoisotopic (exact) mass is 456 g/mol. The molecule has 6 nitrogen and oxygen atoms in total. The molecular formula is C24H26ClFN4O2. The lowest BCUT2D eigenvalue weighted by Gasteiger charge is -2.35. The molecule has 3 aromatic rings. The van der Waals surface area contributed by atoms with E-state index >= 15 is 0 Å². The third-order valence-electron chi connectivity index (χ3n) is 5.70. The van der Waals surface area contributed by atoms with Gasteiger partial charge in [0.05, 0.1) is 42.4 Å². The van der Waals surface area contributed by atoms with E-state index in [0.717, 1.165) is 30.0 Å². The molecule has 0 radical (unpaired) electrons. The summed E-state index contributed by atoms with van der Waals surface area (Å²) in [7, 11) is 0. The fourth-order valence-electron chi connectivity index (χ4n) is 4.05. The number of hydrogen-bond acceptors (Lipinski definition) is 4. The summed E-state index contributed by atoms with van der Waals surface area (Å²) in [6.45, 7) is 5.17. The van der Waals surface area contributed by atoms with E-state index in [9.17, 15) is 9.18 Å². The maximum Gasteiger partial charge on any atom is 0.254 e. The smallest absolute Gasteiger partial charge is 0.254 e. The number of rotatable bonds is 7. The second-order valence-corrected chi connectivity index (χ2v) is 8.11. The van der Waals surface area contributed by atoms with Gasteiger partial charge in [-0.25, -0.2) is 9.07 Å². The Labute approximate surface area is 191 Å². The van der Waals surface area contributed by atoms with Crippen LogP contribution in [0.3, 0.4) is 0 Å². The van der Waals surface area contributed by atoms with Gasteiger partial charge in [0, 0.05) is 24.7 Å². The van der Waals surface area contributed by atoms with Crippen molar-refractivity contribution in [3.8, 4) is 5.69 Å². The van der Waals surface area contributed by atoms with Crippen LogP contribution in [0.1, 0.15) is 34.6 Å². The quantitative estimate of drug-likeness (QED) is 0.583. The molecule has 1 aliphatic rings. The molecule has 1 fully saturated rings. The van der Waals surface area contributed by atoms with Gasteiger partial charge in [0.1, 0.15) is 5.82 Å². The Morgan fingerprint density at radius 1 is 1.22 bits per heavy atom. The summed E-state index contributed by atoms with van der Waals surface area (Å²) in [6, 6.07) is 13.8. The number of amides is 1. The number of aromatic nitrogens is 2. The second kappa shape index (κ2) is 10.3. The number of benzene rings is 2. The number of carbonyl (C=O) groups excluding carboxylic acids is 1. The molecule has 1 N–H and O–H groups in total. The molecule has 1 aromatic heterocycles. The molecule has 8 heteroatoms. The van der Waals surface area contributed by atoms with E-state index in [1.165, 1.54) is 12.1 Å². The molecule has 2 aromatic carbocycles. The summed E-state index contributed by atoms with van der Waals surface area (Å²) in [5.74, 6) is -0.463. The van der Waals surface area contributed by atoms with Gasteiger partial charge < -0.3 is 10.1 Å². The van der Waals surface area contributed by atoms with Gasteiger partial charge >= 0.3 is 0 Å². The molecular weight excluding hydrogens is 431 g/mol. The minimum Gasteiger partial charge on any atom is -0.379 e.